The van der Waals surface area contributed by atoms with E-state index in [0.29, 0.717) is 16.2 Å². The Bertz CT molecular complexity index is 558. The molecule has 0 radical (unpaired) electrons. The number of nitrogens with one attached hydrogen (secondary N) is 1. The van der Waals surface area contributed by atoms with Gasteiger partial charge in [-0.1, -0.05) is 0 Å². The summed E-state index contributed by atoms with van der Waals surface area (Å²) in [6.07, 6.45) is 2.72. The number of pyridine rings is 1. The topological polar surface area (TPSA) is 46.5 Å². The molecule has 0 aliphatic heterocycles. The third-order valence-electron chi connectivity index (χ3n) is 2.18. The molecule has 2 aromatic rings. The van der Waals surface area contributed by atoms with E-state index in [1.807, 2.05) is 18.4 Å². The second-order valence-corrected chi connectivity index (χ2v) is 4.09. The van der Waals surface area contributed by atoms with Crippen molar-refractivity contribution in [2.24, 2.45) is 0 Å². The van der Waals surface area contributed by atoms with Gasteiger partial charge < -0.3 is 0 Å². The van der Waals surface area contributed by atoms with Gasteiger partial charge in [0, 0.05) is 17.8 Å². The summed E-state index contributed by atoms with van der Waals surface area (Å²) in [5.41, 5.74) is 0.612. The third-order valence-corrected chi connectivity index (χ3v) is 2.47. The lowest BCUT2D eigenvalue weighted by atomic mass is 10.2. The summed E-state index contributed by atoms with van der Waals surface area (Å²) in [6, 6.07) is 1.54. The van der Waals surface area contributed by atoms with E-state index in [2.05, 4.69) is 15.2 Å². The Balaban J connectivity index is 2.61. The summed E-state index contributed by atoms with van der Waals surface area (Å²) in [6.45, 7) is 3.98. The van der Waals surface area contributed by atoms with E-state index in [-0.39, 0.29) is 11.9 Å². The van der Waals surface area contributed by atoms with E-state index in [0.717, 1.165) is 6.20 Å². The fraction of sp³-hybridized carbons (Fsp3) is 0.300. The van der Waals surface area contributed by atoms with Crippen molar-refractivity contribution >= 4 is 12.2 Å². The van der Waals surface area contributed by atoms with Crippen LogP contribution in [-0.4, -0.2) is 19.7 Å². The quantitative estimate of drug-likeness (QED) is 0.818. The van der Waals surface area contributed by atoms with Crippen LogP contribution in [-0.2, 0) is 0 Å². The average Bonchev–Trinajstić information content (AvgIpc) is 2.60. The zero-order valence-electron chi connectivity index (χ0n) is 8.94. The van der Waals surface area contributed by atoms with Gasteiger partial charge in [-0.05, 0) is 32.1 Å². The molecule has 4 nitrogen and oxygen atoms in total. The Kier molecular flexibility index (Phi) is 2.82. The van der Waals surface area contributed by atoms with Crippen LogP contribution in [0.25, 0.3) is 11.4 Å². The molecule has 1 N–H and O–H groups in total. The minimum absolute atomic E-state index is 0.157. The highest BCUT2D eigenvalue weighted by Crippen LogP contribution is 2.20. The second-order valence-electron chi connectivity index (χ2n) is 3.71. The molecule has 84 valence electrons. The molecule has 0 aliphatic carbocycles. The lowest BCUT2D eigenvalue weighted by molar-refractivity contribution is 0.594. The van der Waals surface area contributed by atoms with Crippen LogP contribution in [0.4, 0.5) is 4.39 Å². The number of halogens is 1. The van der Waals surface area contributed by atoms with Gasteiger partial charge in [0.1, 0.15) is 5.82 Å². The van der Waals surface area contributed by atoms with Gasteiger partial charge in [-0.2, -0.15) is 5.10 Å². The van der Waals surface area contributed by atoms with Crippen LogP contribution in [0.5, 0.6) is 0 Å². The molecule has 0 spiro atoms. The fourth-order valence-electron chi connectivity index (χ4n) is 1.52. The van der Waals surface area contributed by atoms with Crippen molar-refractivity contribution in [1.29, 1.82) is 0 Å². The van der Waals surface area contributed by atoms with Crippen LogP contribution in [0.3, 0.4) is 0 Å². The molecule has 0 unspecified atom stereocenters. The van der Waals surface area contributed by atoms with Gasteiger partial charge in [0.25, 0.3) is 0 Å². The molecule has 0 saturated heterocycles. The van der Waals surface area contributed by atoms with Gasteiger partial charge in [0.05, 0.1) is 6.20 Å². The first kappa shape index (κ1) is 10.9. The fourth-order valence-corrected chi connectivity index (χ4v) is 1.86. The van der Waals surface area contributed by atoms with E-state index < -0.39 is 0 Å². The van der Waals surface area contributed by atoms with Crippen LogP contribution in [0.1, 0.15) is 19.9 Å². The lowest BCUT2D eigenvalue weighted by Crippen LogP contribution is -2.03. The smallest absolute Gasteiger partial charge is 0.195 e. The lowest BCUT2D eigenvalue weighted by Gasteiger charge is -2.09. The summed E-state index contributed by atoms with van der Waals surface area (Å²) < 4.78 is 15.4. The van der Waals surface area contributed by atoms with Crippen LogP contribution < -0.4 is 0 Å². The average molecular weight is 238 g/mol. The number of aromatic nitrogens is 4. The minimum atomic E-state index is -0.387. The molecule has 0 bridgehead atoms. The Hall–Kier alpha value is -1.56. The Labute approximate surface area is 97.2 Å². The third kappa shape index (κ3) is 1.88. The standard InChI is InChI=1S/C10H11FN4S/c1-6(2)15-9(13-14-10(15)16)7-3-8(11)5-12-4-7/h3-6H,1-2H3,(H,14,16). The highest BCUT2D eigenvalue weighted by atomic mass is 32.1. The first-order chi connectivity index (χ1) is 7.59. The highest BCUT2D eigenvalue weighted by molar-refractivity contribution is 7.71. The number of nitrogens with zero attached hydrogens (tertiary/aromatic N) is 3. The monoisotopic (exact) mass is 238 g/mol. The molecule has 0 aromatic carbocycles. The first-order valence-electron chi connectivity index (χ1n) is 4.87. The summed E-state index contributed by atoms with van der Waals surface area (Å²) in [7, 11) is 0. The molecule has 2 rings (SSSR count). The van der Waals surface area contributed by atoms with Gasteiger partial charge in [-0.25, -0.2) is 4.39 Å². The number of H-pyrrole nitrogens is 1. The molecule has 16 heavy (non-hydrogen) atoms. The predicted molar refractivity (Wildman–Crippen MR) is 61.0 cm³/mol. The Morgan fingerprint density at radius 1 is 1.44 bits per heavy atom. The summed E-state index contributed by atoms with van der Waals surface area (Å²) in [5.74, 6) is 0.216. The van der Waals surface area contributed by atoms with Crippen molar-refractivity contribution in [3.05, 3.63) is 29.0 Å². The number of aromatic amines is 1. The minimum Gasteiger partial charge on any atom is -0.298 e. The second kappa shape index (κ2) is 4.13. The molecular weight excluding hydrogens is 227 g/mol. The van der Waals surface area contributed by atoms with Crippen LogP contribution >= 0.6 is 12.2 Å². The van der Waals surface area contributed by atoms with Crippen molar-refractivity contribution < 1.29 is 4.39 Å². The predicted octanol–water partition coefficient (Wildman–Crippen LogP) is 2.72. The van der Waals surface area contributed by atoms with Crippen molar-refractivity contribution in [3.63, 3.8) is 0 Å². The molecular formula is C10H11FN4S. The normalized spacial score (nSPS) is 11.0. The number of hydrogen-bond donors (Lipinski definition) is 1. The molecule has 0 atom stereocenters. The molecule has 0 amide bonds. The Morgan fingerprint density at radius 2 is 2.19 bits per heavy atom. The van der Waals surface area contributed by atoms with E-state index in [1.165, 1.54) is 6.07 Å². The van der Waals surface area contributed by atoms with E-state index in [1.54, 1.807) is 6.20 Å². The summed E-state index contributed by atoms with van der Waals surface area (Å²) >= 11 is 5.11. The van der Waals surface area contributed by atoms with Crippen molar-refractivity contribution in [1.82, 2.24) is 19.7 Å². The molecule has 2 heterocycles. The zero-order chi connectivity index (χ0) is 11.7. The van der Waals surface area contributed by atoms with Crippen molar-refractivity contribution in [2.75, 3.05) is 0 Å². The van der Waals surface area contributed by atoms with Gasteiger partial charge in [0.2, 0.25) is 0 Å². The molecule has 2 aromatic heterocycles. The van der Waals surface area contributed by atoms with Crippen molar-refractivity contribution in [3.8, 4) is 11.4 Å². The highest BCUT2D eigenvalue weighted by Gasteiger charge is 2.12. The largest absolute Gasteiger partial charge is 0.298 e. The molecule has 0 saturated carbocycles. The molecule has 0 fully saturated rings. The maximum Gasteiger partial charge on any atom is 0.195 e. The van der Waals surface area contributed by atoms with Gasteiger partial charge in [0.15, 0.2) is 10.6 Å². The maximum absolute atomic E-state index is 13.1. The SMILES string of the molecule is CC(C)n1c(-c2cncc(F)c2)n[nH]c1=S. The number of hydrogen-bond acceptors (Lipinski definition) is 3. The van der Waals surface area contributed by atoms with Gasteiger partial charge in [-0.15, -0.1) is 0 Å². The first-order valence-corrected chi connectivity index (χ1v) is 5.28. The van der Waals surface area contributed by atoms with Crippen LogP contribution in [0, 0.1) is 10.6 Å². The number of rotatable bonds is 2. The molecule has 0 aliphatic rings. The maximum atomic E-state index is 13.1. The summed E-state index contributed by atoms with van der Waals surface area (Å²) in [4.78, 5) is 3.79. The van der Waals surface area contributed by atoms with E-state index >= 15 is 0 Å². The van der Waals surface area contributed by atoms with Gasteiger partial charge >= 0.3 is 0 Å². The van der Waals surface area contributed by atoms with Crippen LogP contribution in [0.2, 0.25) is 0 Å². The van der Waals surface area contributed by atoms with Crippen molar-refractivity contribution in [2.45, 2.75) is 19.9 Å². The zero-order valence-corrected chi connectivity index (χ0v) is 9.75. The molecule has 6 heteroatoms. The van der Waals surface area contributed by atoms with Crippen LogP contribution in [0.15, 0.2) is 18.5 Å². The summed E-state index contributed by atoms with van der Waals surface area (Å²) in [5, 5.41) is 6.79. The Morgan fingerprint density at radius 3 is 2.81 bits per heavy atom. The van der Waals surface area contributed by atoms with E-state index in [9.17, 15) is 4.39 Å². The van der Waals surface area contributed by atoms with E-state index in [4.69, 9.17) is 12.2 Å². The van der Waals surface area contributed by atoms with Gasteiger partial charge in [-0.3, -0.25) is 14.6 Å².